The van der Waals surface area contributed by atoms with Gasteiger partial charge in [-0.1, -0.05) is 17.5 Å². The van der Waals surface area contributed by atoms with Crippen molar-refractivity contribution < 1.29 is 0 Å². The van der Waals surface area contributed by atoms with E-state index in [1.54, 1.807) is 0 Å². The number of nitrogens with zero attached hydrogens (tertiary/aromatic N) is 3. The maximum absolute atomic E-state index is 5.98. The van der Waals surface area contributed by atoms with E-state index < -0.39 is 0 Å². The van der Waals surface area contributed by atoms with Crippen LogP contribution in [0, 0.1) is 15.9 Å². The average molecular weight is 352 g/mol. The predicted octanol–water partition coefficient (Wildman–Crippen LogP) is 2.98. The first-order valence-electron chi connectivity index (χ1n) is 3.94. The Balaban J connectivity index is 2.82. The van der Waals surface area contributed by atoms with Crippen molar-refractivity contribution in [3.63, 3.8) is 0 Å². The topological polar surface area (TPSA) is 30.7 Å². The SMILES string of the molecule is C#CCn1cc(I)c2c(Cl)nc(Cl)nc21. The zero-order chi connectivity index (χ0) is 11.0. The number of fused-ring (bicyclic) bond motifs is 1. The lowest BCUT2D eigenvalue weighted by atomic mass is 10.4. The molecule has 2 aromatic rings. The molecule has 0 amide bonds. The van der Waals surface area contributed by atoms with Crippen molar-refractivity contribution in [2.45, 2.75) is 6.54 Å². The van der Waals surface area contributed by atoms with Crippen molar-refractivity contribution in [2.75, 3.05) is 0 Å². The lowest BCUT2D eigenvalue weighted by Crippen LogP contribution is -1.96. The normalized spacial score (nSPS) is 10.5. The van der Waals surface area contributed by atoms with Gasteiger partial charge in [0.05, 0.1) is 11.9 Å². The highest BCUT2D eigenvalue weighted by Gasteiger charge is 2.13. The molecule has 0 spiro atoms. The van der Waals surface area contributed by atoms with Crippen LogP contribution in [0.1, 0.15) is 0 Å². The summed E-state index contributed by atoms with van der Waals surface area (Å²) in [4.78, 5) is 7.99. The molecule has 0 saturated carbocycles. The van der Waals surface area contributed by atoms with Crippen LogP contribution in [0.15, 0.2) is 6.20 Å². The summed E-state index contributed by atoms with van der Waals surface area (Å²) in [5.41, 5.74) is 0.669. The van der Waals surface area contributed by atoms with Crippen LogP contribution >= 0.6 is 45.8 Å². The van der Waals surface area contributed by atoms with E-state index in [2.05, 4.69) is 38.5 Å². The molecule has 0 aliphatic carbocycles. The third kappa shape index (κ3) is 1.92. The molecule has 0 aliphatic rings. The third-order valence-corrected chi connectivity index (χ3v) is 3.12. The maximum atomic E-state index is 5.98. The van der Waals surface area contributed by atoms with E-state index in [-0.39, 0.29) is 5.28 Å². The number of hydrogen-bond donors (Lipinski definition) is 0. The highest BCUT2D eigenvalue weighted by Crippen LogP contribution is 2.28. The van der Waals surface area contributed by atoms with Crippen LogP contribution in [0.2, 0.25) is 10.4 Å². The minimum absolute atomic E-state index is 0.125. The average Bonchev–Trinajstić information content (AvgIpc) is 2.43. The molecular formula is C9H4Cl2IN3. The summed E-state index contributed by atoms with van der Waals surface area (Å²) in [5, 5.41) is 1.27. The Morgan fingerprint density at radius 3 is 2.87 bits per heavy atom. The number of hydrogen-bond acceptors (Lipinski definition) is 2. The fourth-order valence-corrected chi connectivity index (χ4v) is 2.76. The lowest BCUT2D eigenvalue weighted by Gasteiger charge is -1.99. The molecule has 2 rings (SSSR count). The standard InChI is InChI=1S/C9H4Cl2IN3/c1-2-3-15-4-5(12)6-7(10)13-9(11)14-8(6)15/h1,4H,3H2. The van der Waals surface area contributed by atoms with E-state index in [0.29, 0.717) is 17.3 Å². The van der Waals surface area contributed by atoms with Crippen molar-refractivity contribution in [1.29, 1.82) is 0 Å². The van der Waals surface area contributed by atoms with Crippen LogP contribution in [-0.2, 0) is 6.54 Å². The van der Waals surface area contributed by atoms with E-state index in [1.165, 1.54) is 0 Å². The smallest absolute Gasteiger partial charge is 0.225 e. The molecule has 0 aromatic carbocycles. The van der Waals surface area contributed by atoms with Gasteiger partial charge in [-0.2, -0.15) is 4.98 Å². The Bertz CT molecular complexity index is 571. The molecule has 0 fully saturated rings. The minimum Gasteiger partial charge on any atom is -0.320 e. The number of aromatic nitrogens is 3. The first-order valence-corrected chi connectivity index (χ1v) is 5.77. The molecule has 0 saturated heterocycles. The molecule has 2 aromatic heterocycles. The summed E-state index contributed by atoms with van der Waals surface area (Å²) in [6, 6.07) is 0. The Hall–Kier alpha value is -0.510. The summed E-state index contributed by atoms with van der Waals surface area (Å²) in [5.74, 6) is 2.54. The van der Waals surface area contributed by atoms with Gasteiger partial charge in [-0.15, -0.1) is 6.42 Å². The second kappa shape index (κ2) is 4.16. The Morgan fingerprint density at radius 1 is 1.47 bits per heavy atom. The highest BCUT2D eigenvalue weighted by molar-refractivity contribution is 14.1. The zero-order valence-electron chi connectivity index (χ0n) is 7.34. The molecule has 2 heterocycles. The molecule has 15 heavy (non-hydrogen) atoms. The fraction of sp³-hybridized carbons (Fsp3) is 0.111. The van der Waals surface area contributed by atoms with E-state index >= 15 is 0 Å². The quantitative estimate of drug-likeness (QED) is 0.342. The van der Waals surface area contributed by atoms with E-state index in [1.807, 2.05) is 10.8 Å². The first-order chi connectivity index (χ1) is 7.13. The number of rotatable bonds is 1. The maximum Gasteiger partial charge on any atom is 0.225 e. The molecule has 0 aliphatic heterocycles. The van der Waals surface area contributed by atoms with Crippen LogP contribution in [0.4, 0.5) is 0 Å². The molecule has 0 unspecified atom stereocenters. The summed E-state index contributed by atoms with van der Waals surface area (Å²) < 4.78 is 2.77. The van der Waals surface area contributed by atoms with Crippen molar-refractivity contribution in [3.05, 3.63) is 20.2 Å². The van der Waals surface area contributed by atoms with Crippen LogP contribution in [-0.4, -0.2) is 14.5 Å². The highest BCUT2D eigenvalue weighted by atomic mass is 127. The van der Waals surface area contributed by atoms with Gasteiger partial charge in [0, 0.05) is 9.77 Å². The van der Waals surface area contributed by atoms with Crippen molar-refractivity contribution in [2.24, 2.45) is 0 Å². The zero-order valence-corrected chi connectivity index (χ0v) is 11.0. The van der Waals surface area contributed by atoms with Crippen LogP contribution < -0.4 is 0 Å². The monoisotopic (exact) mass is 351 g/mol. The van der Waals surface area contributed by atoms with Crippen LogP contribution in [0.25, 0.3) is 11.0 Å². The molecule has 0 atom stereocenters. The lowest BCUT2D eigenvalue weighted by molar-refractivity contribution is 0.867. The van der Waals surface area contributed by atoms with Gasteiger partial charge in [0.1, 0.15) is 10.8 Å². The largest absolute Gasteiger partial charge is 0.320 e. The van der Waals surface area contributed by atoms with Gasteiger partial charge in [0.25, 0.3) is 0 Å². The second-order valence-electron chi connectivity index (χ2n) is 2.79. The first kappa shape index (κ1) is 11.0. The van der Waals surface area contributed by atoms with Gasteiger partial charge in [0.15, 0.2) is 0 Å². The molecule has 0 radical (unpaired) electrons. The summed E-state index contributed by atoms with van der Waals surface area (Å²) >= 11 is 13.9. The van der Waals surface area contributed by atoms with Crippen molar-refractivity contribution >= 4 is 56.8 Å². The van der Waals surface area contributed by atoms with Gasteiger partial charge in [0.2, 0.25) is 5.28 Å². The van der Waals surface area contributed by atoms with Crippen LogP contribution in [0.3, 0.4) is 0 Å². The Morgan fingerprint density at radius 2 is 2.20 bits per heavy atom. The number of terminal acetylenes is 1. The summed E-state index contributed by atoms with van der Waals surface area (Å²) in [6.07, 6.45) is 7.13. The van der Waals surface area contributed by atoms with Crippen LogP contribution in [0.5, 0.6) is 0 Å². The van der Waals surface area contributed by atoms with Gasteiger partial charge < -0.3 is 4.57 Å². The van der Waals surface area contributed by atoms with Gasteiger partial charge in [-0.3, -0.25) is 0 Å². The predicted molar refractivity (Wildman–Crippen MR) is 69.1 cm³/mol. The van der Waals surface area contributed by atoms with Gasteiger partial charge >= 0.3 is 0 Å². The Labute approximate surface area is 110 Å². The van der Waals surface area contributed by atoms with Crippen molar-refractivity contribution in [3.8, 4) is 12.3 Å². The molecule has 0 N–H and O–H groups in total. The second-order valence-corrected chi connectivity index (χ2v) is 4.65. The molecule has 3 nitrogen and oxygen atoms in total. The molecule has 76 valence electrons. The van der Waals surface area contributed by atoms with E-state index in [9.17, 15) is 0 Å². The molecule has 6 heteroatoms. The fourth-order valence-electron chi connectivity index (χ4n) is 1.29. The van der Waals surface area contributed by atoms with Crippen molar-refractivity contribution in [1.82, 2.24) is 14.5 Å². The molecular weight excluding hydrogens is 348 g/mol. The van der Waals surface area contributed by atoms with Gasteiger partial charge in [-0.05, 0) is 34.2 Å². The van der Waals surface area contributed by atoms with E-state index in [4.69, 9.17) is 29.6 Å². The Kier molecular flexibility index (Phi) is 3.05. The molecule has 0 bridgehead atoms. The third-order valence-electron chi connectivity index (χ3n) is 1.86. The van der Waals surface area contributed by atoms with Gasteiger partial charge in [-0.25, -0.2) is 4.98 Å². The summed E-state index contributed by atoms with van der Waals surface area (Å²) in [7, 11) is 0. The number of halogens is 3. The van der Waals surface area contributed by atoms with E-state index in [0.717, 1.165) is 8.96 Å². The summed E-state index contributed by atoms with van der Waals surface area (Å²) in [6.45, 7) is 0.434. The minimum atomic E-state index is 0.125.